The number of thiophene rings is 1. The molecule has 0 bridgehead atoms. The van der Waals surface area contributed by atoms with Crippen LogP contribution in [0.1, 0.15) is 44.4 Å². The number of nitrogens with one attached hydrogen (secondary N) is 1. The largest absolute Gasteiger partial charge is 0.317 e. The SMILES string of the molecule is CCCNCCCCCN(C)C(C)Cc1cccs1. The van der Waals surface area contributed by atoms with Crippen molar-refractivity contribution in [3.63, 3.8) is 0 Å². The minimum absolute atomic E-state index is 0.650. The highest BCUT2D eigenvalue weighted by atomic mass is 32.1. The van der Waals surface area contributed by atoms with Crippen LogP contribution in [0.2, 0.25) is 0 Å². The van der Waals surface area contributed by atoms with Gasteiger partial charge in [-0.3, -0.25) is 0 Å². The van der Waals surface area contributed by atoms with Gasteiger partial charge in [0.15, 0.2) is 0 Å². The number of unbranched alkanes of at least 4 members (excludes halogenated alkanes) is 2. The van der Waals surface area contributed by atoms with E-state index in [9.17, 15) is 0 Å². The molecule has 110 valence electrons. The second-order valence-corrected chi connectivity index (χ2v) is 6.46. The third-order valence-electron chi connectivity index (χ3n) is 3.62. The molecule has 19 heavy (non-hydrogen) atoms. The summed E-state index contributed by atoms with van der Waals surface area (Å²) in [6, 6.07) is 5.04. The maximum atomic E-state index is 3.46. The molecule has 0 aliphatic rings. The van der Waals surface area contributed by atoms with Crippen molar-refractivity contribution in [2.24, 2.45) is 0 Å². The third kappa shape index (κ3) is 7.71. The molecule has 1 rings (SSSR count). The van der Waals surface area contributed by atoms with E-state index in [0.29, 0.717) is 6.04 Å². The highest BCUT2D eigenvalue weighted by Gasteiger charge is 2.09. The summed E-state index contributed by atoms with van der Waals surface area (Å²) >= 11 is 1.87. The smallest absolute Gasteiger partial charge is 0.0112 e. The van der Waals surface area contributed by atoms with Crippen molar-refractivity contribution < 1.29 is 0 Å². The van der Waals surface area contributed by atoms with Gasteiger partial charge in [-0.1, -0.05) is 19.4 Å². The molecule has 1 unspecified atom stereocenters. The number of likely N-dealkylation sites (N-methyl/N-ethyl adjacent to an activating group) is 1. The Morgan fingerprint density at radius 3 is 2.79 bits per heavy atom. The van der Waals surface area contributed by atoms with Crippen LogP contribution in [-0.4, -0.2) is 37.6 Å². The predicted molar refractivity (Wildman–Crippen MR) is 87.1 cm³/mol. The van der Waals surface area contributed by atoms with Gasteiger partial charge in [0, 0.05) is 10.9 Å². The standard InChI is InChI=1S/C16H30N2S/c1-4-10-17-11-6-5-7-12-18(3)15(2)14-16-9-8-13-19-16/h8-9,13,15,17H,4-7,10-12,14H2,1-3H3. The van der Waals surface area contributed by atoms with E-state index in [1.807, 2.05) is 11.3 Å². The van der Waals surface area contributed by atoms with Gasteiger partial charge in [0.05, 0.1) is 0 Å². The van der Waals surface area contributed by atoms with Gasteiger partial charge in [-0.15, -0.1) is 11.3 Å². The Morgan fingerprint density at radius 1 is 1.26 bits per heavy atom. The number of hydrogen-bond donors (Lipinski definition) is 1. The van der Waals surface area contributed by atoms with Crippen LogP contribution in [0.5, 0.6) is 0 Å². The topological polar surface area (TPSA) is 15.3 Å². The molecule has 3 heteroatoms. The quantitative estimate of drug-likeness (QED) is 0.621. The van der Waals surface area contributed by atoms with Crippen LogP contribution >= 0.6 is 11.3 Å². The number of nitrogens with zero attached hydrogens (tertiary/aromatic N) is 1. The van der Waals surface area contributed by atoms with Crippen molar-refractivity contribution in [1.29, 1.82) is 0 Å². The molecule has 0 saturated heterocycles. The Bertz CT molecular complexity index is 298. The number of hydrogen-bond acceptors (Lipinski definition) is 3. The summed E-state index contributed by atoms with van der Waals surface area (Å²) in [6.07, 6.45) is 6.40. The fourth-order valence-corrected chi connectivity index (χ4v) is 3.01. The first-order valence-corrected chi connectivity index (χ1v) is 8.55. The fraction of sp³-hybridized carbons (Fsp3) is 0.750. The molecular weight excluding hydrogens is 252 g/mol. The molecule has 0 radical (unpaired) electrons. The van der Waals surface area contributed by atoms with E-state index in [0.717, 1.165) is 6.54 Å². The van der Waals surface area contributed by atoms with E-state index >= 15 is 0 Å². The molecule has 0 amide bonds. The molecule has 1 heterocycles. The van der Waals surface area contributed by atoms with E-state index in [1.54, 1.807) is 0 Å². The summed E-state index contributed by atoms with van der Waals surface area (Å²) in [7, 11) is 2.26. The molecule has 0 aliphatic carbocycles. The maximum Gasteiger partial charge on any atom is 0.0112 e. The molecule has 1 aromatic heterocycles. The fourth-order valence-electron chi connectivity index (χ4n) is 2.19. The normalized spacial score (nSPS) is 13.1. The van der Waals surface area contributed by atoms with Gasteiger partial charge >= 0.3 is 0 Å². The van der Waals surface area contributed by atoms with Crippen LogP contribution in [0, 0.1) is 0 Å². The molecule has 0 aromatic carbocycles. The Labute approximate surface area is 123 Å². The van der Waals surface area contributed by atoms with Crippen molar-refractivity contribution in [2.45, 2.75) is 52.0 Å². The monoisotopic (exact) mass is 282 g/mol. The molecular formula is C16H30N2S. The average molecular weight is 282 g/mol. The lowest BCUT2D eigenvalue weighted by Gasteiger charge is -2.24. The van der Waals surface area contributed by atoms with Gasteiger partial charge in [-0.05, 0) is 70.7 Å². The van der Waals surface area contributed by atoms with Crippen molar-refractivity contribution in [3.8, 4) is 0 Å². The van der Waals surface area contributed by atoms with Gasteiger partial charge in [-0.2, -0.15) is 0 Å². The van der Waals surface area contributed by atoms with Crippen molar-refractivity contribution in [3.05, 3.63) is 22.4 Å². The minimum atomic E-state index is 0.650. The van der Waals surface area contributed by atoms with E-state index < -0.39 is 0 Å². The van der Waals surface area contributed by atoms with Crippen molar-refractivity contribution >= 4 is 11.3 Å². The van der Waals surface area contributed by atoms with Gasteiger partial charge in [0.25, 0.3) is 0 Å². The molecule has 2 nitrogen and oxygen atoms in total. The molecule has 0 fully saturated rings. The zero-order valence-corrected chi connectivity index (χ0v) is 13.6. The van der Waals surface area contributed by atoms with E-state index in [2.05, 4.69) is 48.6 Å². The van der Waals surface area contributed by atoms with Gasteiger partial charge in [0.1, 0.15) is 0 Å². The van der Waals surface area contributed by atoms with Crippen LogP contribution in [0.4, 0.5) is 0 Å². The molecule has 1 aromatic rings. The van der Waals surface area contributed by atoms with E-state index in [1.165, 1.54) is 50.1 Å². The Morgan fingerprint density at radius 2 is 2.11 bits per heavy atom. The van der Waals surface area contributed by atoms with Gasteiger partial charge < -0.3 is 10.2 Å². The second kappa shape index (κ2) is 10.4. The van der Waals surface area contributed by atoms with Crippen molar-refractivity contribution in [1.82, 2.24) is 10.2 Å². The first-order chi connectivity index (χ1) is 9.24. The van der Waals surface area contributed by atoms with Crippen LogP contribution in [0.25, 0.3) is 0 Å². The Hall–Kier alpha value is -0.380. The lowest BCUT2D eigenvalue weighted by molar-refractivity contribution is 0.251. The Kier molecular flexibility index (Phi) is 9.14. The summed E-state index contributed by atoms with van der Waals surface area (Å²) in [5.74, 6) is 0. The molecule has 0 aliphatic heterocycles. The summed E-state index contributed by atoms with van der Waals surface area (Å²) in [4.78, 5) is 4.00. The first kappa shape index (κ1) is 16.7. The second-order valence-electron chi connectivity index (χ2n) is 5.42. The zero-order chi connectivity index (χ0) is 13.9. The third-order valence-corrected chi connectivity index (χ3v) is 4.52. The summed E-state index contributed by atoms with van der Waals surface area (Å²) in [6.45, 7) is 8.12. The summed E-state index contributed by atoms with van der Waals surface area (Å²) in [5, 5.41) is 5.64. The van der Waals surface area contributed by atoms with E-state index in [-0.39, 0.29) is 0 Å². The Balaban J connectivity index is 2.02. The highest BCUT2D eigenvalue weighted by molar-refractivity contribution is 7.09. The minimum Gasteiger partial charge on any atom is -0.317 e. The summed E-state index contributed by atoms with van der Waals surface area (Å²) in [5.41, 5.74) is 0. The average Bonchev–Trinajstić information content (AvgIpc) is 2.90. The predicted octanol–water partition coefficient (Wildman–Crippen LogP) is 3.78. The van der Waals surface area contributed by atoms with Gasteiger partial charge in [0.2, 0.25) is 0 Å². The zero-order valence-electron chi connectivity index (χ0n) is 12.8. The lowest BCUT2D eigenvalue weighted by Crippen LogP contribution is -2.31. The molecule has 1 atom stereocenters. The maximum absolute atomic E-state index is 3.46. The summed E-state index contributed by atoms with van der Waals surface area (Å²) < 4.78 is 0. The first-order valence-electron chi connectivity index (χ1n) is 7.67. The molecule has 1 N–H and O–H groups in total. The van der Waals surface area contributed by atoms with Crippen LogP contribution < -0.4 is 5.32 Å². The van der Waals surface area contributed by atoms with Crippen LogP contribution in [0.3, 0.4) is 0 Å². The van der Waals surface area contributed by atoms with Crippen molar-refractivity contribution in [2.75, 3.05) is 26.7 Å². The van der Waals surface area contributed by atoms with Crippen LogP contribution in [-0.2, 0) is 6.42 Å². The number of rotatable bonds is 11. The molecule has 0 saturated carbocycles. The van der Waals surface area contributed by atoms with E-state index in [4.69, 9.17) is 0 Å². The molecule has 0 spiro atoms. The lowest BCUT2D eigenvalue weighted by atomic mass is 10.1. The van der Waals surface area contributed by atoms with Gasteiger partial charge in [-0.25, -0.2) is 0 Å². The van der Waals surface area contributed by atoms with Crippen LogP contribution in [0.15, 0.2) is 17.5 Å². The highest BCUT2D eigenvalue weighted by Crippen LogP contribution is 2.13.